The summed E-state index contributed by atoms with van der Waals surface area (Å²) in [7, 11) is 0. The van der Waals surface area contributed by atoms with Gasteiger partial charge in [0.25, 0.3) is 5.91 Å². The summed E-state index contributed by atoms with van der Waals surface area (Å²) in [5.74, 6) is 0.805. The number of anilines is 1. The van der Waals surface area contributed by atoms with E-state index in [9.17, 15) is 4.79 Å². The molecule has 6 nitrogen and oxygen atoms in total. The zero-order valence-electron chi connectivity index (χ0n) is 17.5. The van der Waals surface area contributed by atoms with Crippen molar-refractivity contribution in [1.82, 2.24) is 19.5 Å². The molecule has 0 saturated carbocycles. The van der Waals surface area contributed by atoms with Crippen LogP contribution in [-0.2, 0) is 0 Å². The van der Waals surface area contributed by atoms with E-state index in [1.54, 1.807) is 22.8 Å². The largest absolute Gasteiger partial charge is 0.367 e. The van der Waals surface area contributed by atoms with Crippen LogP contribution in [0.15, 0.2) is 65.3 Å². The quantitative estimate of drug-likeness (QED) is 0.333. The van der Waals surface area contributed by atoms with E-state index in [0.717, 1.165) is 34.4 Å². The first-order valence-corrected chi connectivity index (χ1v) is 12.2. The molecule has 1 amide bonds. The Balaban J connectivity index is 1.36. The van der Waals surface area contributed by atoms with Crippen molar-refractivity contribution in [1.29, 1.82) is 0 Å². The van der Waals surface area contributed by atoms with E-state index in [2.05, 4.69) is 26.3 Å². The Morgan fingerprint density at radius 2 is 1.73 bits per heavy atom. The summed E-state index contributed by atoms with van der Waals surface area (Å²) in [6.45, 7) is 1.30. The average Bonchev–Trinajstić information content (AvgIpc) is 3.21. The van der Waals surface area contributed by atoms with E-state index < -0.39 is 0 Å². The number of rotatable bonds is 4. The molecule has 0 bridgehead atoms. The molecular weight excluding hydrogens is 525 g/mol. The molecule has 0 radical (unpaired) electrons. The number of hydrogen-bond donors (Lipinski definition) is 1. The zero-order chi connectivity index (χ0) is 22.9. The van der Waals surface area contributed by atoms with Gasteiger partial charge in [-0.1, -0.05) is 53.5 Å². The number of carbonyl (C=O) groups excluding carboxylic acids is 1. The normalized spacial score (nSPS) is 14.6. The molecule has 5 rings (SSSR count). The average molecular weight is 545 g/mol. The monoisotopic (exact) mass is 543 g/mol. The van der Waals surface area contributed by atoms with Gasteiger partial charge in [0, 0.05) is 35.8 Å². The number of likely N-dealkylation sites (tertiary alicyclic amines) is 1. The lowest BCUT2D eigenvalue weighted by Crippen LogP contribution is -2.42. The number of amides is 1. The molecule has 1 aliphatic heterocycles. The van der Waals surface area contributed by atoms with Crippen molar-refractivity contribution in [2.24, 2.45) is 0 Å². The molecule has 1 N–H and O–H groups in total. The molecule has 0 spiro atoms. The number of nitrogens with one attached hydrogen (secondary N) is 1. The number of hydrogen-bond acceptors (Lipinski definition) is 4. The first-order valence-electron chi connectivity index (χ1n) is 10.6. The Hall–Kier alpha value is -2.61. The number of carbonyl (C=O) groups is 1. The SMILES string of the molecule is O=C(c1ccccc1Cl)N1CCC(Nc2cc(-c3ccccc3Cl)nc3c(Br)cnn23)CC1. The van der Waals surface area contributed by atoms with Gasteiger partial charge in [-0.3, -0.25) is 4.79 Å². The van der Waals surface area contributed by atoms with Gasteiger partial charge in [-0.2, -0.15) is 9.61 Å². The highest BCUT2D eigenvalue weighted by Gasteiger charge is 2.25. The fraction of sp³-hybridized carbons (Fsp3) is 0.208. The molecule has 4 aromatic rings. The lowest BCUT2D eigenvalue weighted by molar-refractivity contribution is 0.0718. The minimum atomic E-state index is -0.0256. The van der Waals surface area contributed by atoms with Crippen LogP contribution >= 0.6 is 39.1 Å². The van der Waals surface area contributed by atoms with Crippen molar-refractivity contribution in [2.75, 3.05) is 18.4 Å². The zero-order valence-corrected chi connectivity index (χ0v) is 20.6. The molecule has 0 atom stereocenters. The highest BCUT2D eigenvalue weighted by Crippen LogP contribution is 2.31. The van der Waals surface area contributed by atoms with Crippen molar-refractivity contribution >= 4 is 56.5 Å². The van der Waals surface area contributed by atoms with Crippen LogP contribution in [-0.4, -0.2) is 44.5 Å². The number of nitrogens with zero attached hydrogens (tertiary/aromatic N) is 4. The second kappa shape index (κ2) is 9.33. The number of benzene rings is 2. The van der Waals surface area contributed by atoms with Gasteiger partial charge in [-0.05, 0) is 47.0 Å². The van der Waals surface area contributed by atoms with Gasteiger partial charge in [0.15, 0.2) is 5.65 Å². The van der Waals surface area contributed by atoms with E-state index in [1.165, 1.54) is 0 Å². The Bertz CT molecular complexity index is 1330. The molecule has 33 heavy (non-hydrogen) atoms. The fourth-order valence-corrected chi connectivity index (χ4v) is 4.88. The third-order valence-electron chi connectivity index (χ3n) is 5.82. The van der Waals surface area contributed by atoms with E-state index >= 15 is 0 Å². The van der Waals surface area contributed by atoms with E-state index in [1.807, 2.05) is 47.4 Å². The maximum atomic E-state index is 12.9. The van der Waals surface area contributed by atoms with Crippen LogP contribution in [0.5, 0.6) is 0 Å². The summed E-state index contributed by atoms with van der Waals surface area (Å²) >= 11 is 16.2. The van der Waals surface area contributed by atoms with Gasteiger partial charge in [-0.25, -0.2) is 4.98 Å². The molecule has 2 aromatic carbocycles. The van der Waals surface area contributed by atoms with Crippen LogP contribution in [0.25, 0.3) is 16.9 Å². The highest BCUT2D eigenvalue weighted by molar-refractivity contribution is 9.10. The van der Waals surface area contributed by atoms with E-state index in [0.29, 0.717) is 34.3 Å². The van der Waals surface area contributed by atoms with Gasteiger partial charge in [-0.15, -0.1) is 0 Å². The number of halogens is 3. The minimum absolute atomic E-state index is 0.0256. The van der Waals surface area contributed by atoms with Gasteiger partial charge >= 0.3 is 0 Å². The first kappa shape index (κ1) is 22.2. The van der Waals surface area contributed by atoms with Crippen molar-refractivity contribution < 1.29 is 4.79 Å². The Kier molecular flexibility index (Phi) is 6.27. The van der Waals surface area contributed by atoms with Crippen LogP contribution in [0.4, 0.5) is 5.82 Å². The molecule has 1 saturated heterocycles. The van der Waals surface area contributed by atoms with Gasteiger partial charge < -0.3 is 10.2 Å². The predicted octanol–water partition coefficient (Wildman–Crippen LogP) is 6.18. The maximum absolute atomic E-state index is 12.9. The van der Waals surface area contributed by atoms with Gasteiger partial charge in [0.05, 0.1) is 26.9 Å². The standard InChI is InChI=1S/C24H20BrCl2N5O/c25-18-14-28-32-22(13-21(30-23(18)32)16-5-1-3-7-19(16)26)29-15-9-11-31(12-10-15)24(33)17-6-2-4-8-20(17)27/h1-8,13-15,29H,9-12H2. The summed E-state index contributed by atoms with van der Waals surface area (Å²) < 4.78 is 2.59. The Morgan fingerprint density at radius 3 is 2.45 bits per heavy atom. The molecule has 1 aliphatic rings. The molecule has 9 heteroatoms. The van der Waals surface area contributed by atoms with Crippen LogP contribution in [0.1, 0.15) is 23.2 Å². The van der Waals surface area contributed by atoms with Crippen molar-refractivity contribution in [3.05, 3.63) is 80.9 Å². The Morgan fingerprint density at radius 1 is 1.03 bits per heavy atom. The summed E-state index contributed by atoms with van der Waals surface area (Å²) in [5.41, 5.74) is 2.88. The molecule has 1 fully saturated rings. The third kappa shape index (κ3) is 4.45. The lowest BCUT2D eigenvalue weighted by Gasteiger charge is -2.33. The molecule has 0 aliphatic carbocycles. The summed E-state index contributed by atoms with van der Waals surface area (Å²) in [4.78, 5) is 19.5. The van der Waals surface area contributed by atoms with Crippen molar-refractivity contribution in [3.8, 4) is 11.3 Å². The summed E-state index contributed by atoms with van der Waals surface area (Å²) in [6.07, 6.45) is 3.35. The molecule has 2 aromatic heterocycles. The van der Waals surface area contributed by atoms with E-state index in [4.69, 9.17) is 28.2 Å². The molecule has 0 unspecified atom stereocenters. The van der Waals surface area contributed by atoms with Crippen molar-refractivity contribution in [2.45, 2.75) is 18.9 Å². The van der Waals surface area contributed by atoms with Gasteiger partial charge in [0.1, 0.15) is 5.82 Å². The van der Waals surface area contributed by atoms with Gasteiger partial charge in [0.2, 0.25) is 0 Å². The van der Waals surface area contributed by atoms with Crippen LogP contribution in [0.2, 0.25) is 10.0 Å². The fourth-order valence-electron chi connectivity index (χ4n) is 4.09. The Labute approximate surface area is 209 Å². The predicted molar refractivity (Wildman–Crippen MR) is 135 cm³/mol. The molecular formula is C24H20BrCl2N5O. The summed E-state index contributed by atoms with van der Waals surface area (Å²) in [5, 5.41) is 9.20. The van der Waals surface area contributed by atoms with Crippen LogP contribution < -0.4 is 5.32 Å². The summed E-state index contributed by atoms with van der Waals surface area (Å²) in [6, 6.07) is 17.0. The maximum Gasteiger partial charge on any atom is 0.255 e. The second-order valence-corrected chi connectivity index (χ2v) is 9.59. The smallest absolute Gasteiger partial charge is 0.255 e. The topological polar surface area (TPSA) is 62.5 Å². The molecule has 168 valence electrons. The number of piperidine rings is 1. The van der Waals surface area contributed by atoms with Crippen LogP contribution in [0, 0.1) is 0 Å². The lowest BCUT2D eigenvalue weighted by atomic mass is 10.0. The van der Waals surface area contributed by atoms with Crippen LogP contribution in [0.3, 0.4) is 0 Å². The number of aromatic nitrogens is 3. The highest BCUT2D eigenvalue weighted by atomic mass is 79.9. The molecule has 3 heterocycles. The van der Waals surface area contributed by atoms with E-state index in [-0.39, 0.29) is 11.9 Å². The second-order valence-electron chi connectivity index (χ2n) is 7.93. The van der Waals surface area contributed by atoms with Crippen molar-refractivity contribution in [3.63, 3.8) is 0 Å². The third-order valence-corrected chi connectivity index (χ3v) is 7.04. The first-order chi connectivity index (χ1) is 16.0. The minimum Gasteiger partial charge on any atom is -0.367 e. The number of fused-ring (bicyclic) bond motifs is 1.